The van der Waals surface area contributed by atoms with Gasteiger partial charge < -0.3 is 15.5 Å². The fourth-order valence-corrected chi connectivity index (χ4v) is 1.64. The van der Waals surface area contributed by atoms with Crippen LogP contribution in [0, 0.1) is 10.1 Å². The Hall–Kier alpha value is -1.96. The van der Waals surface area contributed by atoms with Crippen molar-refractivity contribution in [1.29, 1.82) is 0 Å². The summed E-state index contributed by atoms with van der Waals surface area (Å²) in [4.78, 5) is 20.6. The highest BCUT2D eigenvalue weighted by molar-refractivity contribution is 5.56. The molecule has 0 saturated heterocycles. The molecule has 20 heavy (non-hydrogen) atoms. The van der Waals surface area contributed by atoms with Gasteiger partial charge in [0.25, 0.3) is 0 Å². The van der Waals surface area contributed by atoms with Crippen LogP contribution in [0.2, 0.25) is 0 Å². The van der Waals surface area contributed by atoms with E-state index < -0.39 is 4.92 Å². The van der Waals surface area contributed by atoms with Gasteiger partial charge >= 0.3 is 5.69 Å². The van der Waals surface area contributed by atoms with Crippen LogP contribution in [0.15, 0.2) is 6.20 Å². The molecule has 0 spiro atoms. The lowest BCUT2D eigenvalue weighted by molar-refractivity contribution is -0.384. The molecular formula is C12H22N6O2. The Morgan fingerprint density at radius 2 is 2.25 bits per heavy atom. The zero-order chi connectivity index (χ0) is 15.1. The molecule has 1 atom stereocenters. The molecule has 8 heteroatoms. The van der Waals surface area contributed by atoms with E-state index in [9.17, 15) is 10.1 Å². The van der Waals surface area contributed by atoms with Gasteiger partial charge in [0.05, 0.1) is 4.92 Å². The molecule has 1 unspecified atom stereocenters. The van der Waals surface area contributed by atoms with Crippen molar-refractivity contribution in [3.05, 3.63) is 16.3 Å². The molecule has 0 saturated carbocycles. The normalized spacial score (nSPS) is 12.2. The summed E-state index contributed by atoms with van der Waals surface area (Å²) in [6.07, 6.45) is 2.27. The zero-order valence-corrected chi connectivity index (χ0v) is 12.4. The summed E-state index contributed by atoms with van der Waals surface area (Å²) in [5, 5.41) is 16.7. The van der Waals surface area contributed by atoms with E-state index in [0.717, 1.165) is 13.0 Å². The molecule has 0 aliphatic rings. The van der Waals surface area contributed by atoms with Gasteiger partial charge in [-0.05, 0) is 20.4 Å². The molecular weight excluding hydrogens is 260 g/mol. The van der Waals surface area contributed by atoms with Crippen molar-refractivity contribution in [2.75, 3.05) is 37.8 Å². The second-order valence-electron chi connectivity index (χ2n) is 4.60. The van der Waals surface area contributed by atoms with Crippen molar-refractivity contribution in [3.63, 3.8) is 0 Å². The molecule has 0 radical (unpaired) electrons. The third-order valence-electron chi connectivity index (χ3n) is 3.29. The Bertz CT molecular complexity index is 454. The lowest BCUT2D eigenvalue weighted by Crippen LogP contribution is -2.32. The van der Waals surface area contributed by atoms with Crippen LogP contribution in [-0.4, -0.2) is 53.0 Å². The smallest absolute Gasteiger partial charge is 0.329 e. The van der Waals surface area contributed by atoms with Gasteiger partial charge in [0, 0.05) is 26.2 Å². The number of nitrogens with one attached hydrogen (secondary N) is 2. The maximum Gasteiger partial charge on any atom is 0.329 e. The number of hydrogen-bond donors (Lipinski definition) is 2. The quantitative estimate of drug-likeness (QED) is 0.551. The summed E-state index contributed by atoms with van der Waals surface area (Å²) < 4.78 is 0. The highest BCUT2D eigenvalue weighted by atomic mass is 16.6. The van der Waals surface area contributed by atoms with Crippen molar-refractivity contribution in [3.8, 4) is 0 Å². The fraction of sp³-hybridized carbons (Fsp3) is 0.667. The van der Waals surface area contributed by atoms with E-state index in [2.05, 4.69) is 39.3 Å². The average Bonchev–Trinajstić information content (AvgIpc) is 2.45. The van der Waals surface area contributed by atoms with E-state index in [4.69, 9.17) is 0 Å². The van der Waals surface area contributed by atoms with Crippen molar-refractivity contribution in [2.24, 2.45) is 0 Å². The fourth-order valence-electron chi connectivity index (χ4n) is 1.64. The molecule has 2 N–H and O–H groups in total. The first-order chi connectivity index (χ1) is 9.49. The standard InChI is InChI=1S/C12H22N6O2/c1-5-9(2)17(4)7-6-14-11-10(18(19)20)8-15-12(13-3)16-11/h8-9H,5-7H2,1-4H3,(H2,13,14,15,16). The van der Waals surface area contributed by atoms with E-state index in [1.807, 2.05) is 7.05 Å². The molecule has 1 rings (SSSR count). The molecule has 0 bridgehead atoms. The van der Waals surface area contributed by atoms with Crippen LogP contribution in [0.5, 0.6) is 0 Å². The van der Waals surface area contributed by atoms with Gasteiger partial charge in [-0.25, -0.2) is 4.98 Å². The maximum absolute atomic E-state index is 10.9. The van der Waals surface area contributed by atoms with Crippen molar-refractivity contribution in [2.45, 2.75) is 26.3 Å². The largest absolute Gasteiger partial charge is 0.363 e. The summed E-state index contributed by atoms with van der Waals surface area (Å²) in [6, 6.07) is 0.477. The van der Waals surface area contributed by atoms with Gasteiger partial charge in [-0.1, -0.05) is 6.92 Å². The van der Waals surface area contributed by atoms with Gasteiger partial charge in [-0.2, -0.15) is 4.98 Å². The summed E-state index contributed by atoms with van der Waals surface area (Å²) >= 11 is 0. The van der Waals surface area contributed by atoms with Gasteiger partial charge in [-0.15, -0.1) is 0 Å². The zero-order valence-electron chi connectivity index (χ0n) is 12.4. The van der Waals surface area contributed by atoms with Crippen molar-refractivity contribution < 1.29 is 4.92 Å². The molecule has 0 amide bonds. The van der Waals surface area contributed by atoms with E-state index in [1.165, 1.54) is 6.20 Å². The van der Waals surface area contributed by atoms with Crippen LogP contribution in [0.1, 0.15) is 20.3 Å². The molecule has 0 aromatic carbocycles. The second-order valence-corrected chi connectivity index (χ2v) is 4.60. The Balaban J connectivity index is 2.68. The van der Waals surface area contributed by atoms with Crippen molar-refractivity contribution >= 4 is 17.5 Å². The number of nitro groups is 1. The minimum Gasteiger partial charge on any atom is -0.363 e. The molecule has 0 aliphatic carbocycles. The highest BCUT2D eigenvalue weighted by Gasteiger charge is 2.17. The van der Waals surface area contributed by atoms with Crippen molar-refractivity contribution in [1.82, 2.24) is 14.9 Å². The third-order valence-corrected chi connectivity index (χ3v) is 3.29. The van der Waals surface area contributed by atoms with Crippen LogP contribution in [0.4, 0.5) is 17.5 Å². The number of nitrogens with zero attached hydrogens (tertiary/aromatic N) is 4. The van der Waals surface area contributed by atoms with Gasteiger partial charge in [0.1, 0.15) is 6.20 Å². The molecule has 0 aliphatic heterocycles. The van der Waals surface area contributed by atoms with Crippen LogP contribution < -0.4 is 10.6 Å². The third kappa shape index (κ3) is 4.30. The predicted octanol–water partition coefficient (Wildman–Crippen LogP) is 1.57. The lowest BCUT2D eigenvalue weighted by Gasteiger charge is -2.23. The van der Waals surface area contributed by atoms with Gasteiger partial charge in [-0.3, -0.25) is 10.1 Å². The first-order valence-electron chi connectivity index (χ1n) is 6.62. The first kappa shape index (κ1) is 16.1. The summed E-state index contributed by atoms with van der Waals surface area (Å²) in [5.74, 6) is 0.597. The van der Waals surface area contributed by atoms with E-state index in [-0.39, 0.29) is 11.5 Å². The highest BCUT2D eigenvalue weighted by Crippen LogP contribution is 2.21. The SMILES string of the molecule is CCC(C)N(C)CCNc1nc(NC)ncc1[N+](=O)[O-]. The Morgan fingerprint density at radius 3 is 2.80 bits per heavy atom. The molecule has 1 aromatic heterocycles. The molecule has 112 valence electrons. The van der Waals surface area contributed by atoms with Gasteiger partial charge in [0.15, 0.2) is 0 Å². The second kappa shape index (κ2) is 7.59. The number of rotatable bonds is 8. The number of aromatic nitrogens is 2. The number of anilines is 2. The van der Waals surface area contributed by atoms with Gasteiger partial charge in [0.2, 0.25) is 11.8 Å². The Kier molecular flexibility index (Phi) is 6.10. The average molecular weight is 282 g/mol. The Morgan fingerprint density at radius 1 is 1.55 bits per heavy atom. The molecule has 1 aromatic rings. The van der Waals surface area contributed by atoms with Crippen LogP contribution in [0.25, 0.3) is 0 Å². The molecule has 0 fully saturated rings. The van der Waals surface area contributed by atoms with E-state index in [0.29, 0.717) is 18.5 Å². The topological polar surface area (TPSA) is 96.2 Å². The summed E-state index contributed by atoms with van der Waals surface area (Å²) in [6.45, 7) is 5.64. The molecule has 8 nitrogen and oxygen atoms in total. The van der Waals surface area contributed by atoms with Crippen LogP contribution in [0.3, 0.4) is 0 Å². The maximum atomic E-state index is 10.9. The predicted molar refractivity (Wildman–Crippen MR) is 79.1 cm³/mol. The monoisotopic (exact) mass is 282 g/mol. The van der Waals surface area contributed by atoms with Crippen LogP contribution in [-0.2, 0) is 0 Å². The Labute approximate surface area is 118 Å². The summed E-state index contributed by atoms with van der Waals surface area (Å²) in [5.41, 5.74) is -0.116. The minimum atomic E-state index is -0.486. The van der Waals surface area contributed by atoms with E-state index in [1.54, 1.807) is 7.05 Å². The lowest BCUT2D eigenvalue weighted by atomic mass is 10.2. The van der Waals surface area contributed by atoms with E-state index >= 15 is 0 Å². The first-order valence-corrected chi connectivity index (χ1v) is 6.62. The van der Waals surface area contributed by atoms with Crippen LogP contribution >= 0.6 is 0 Å². The minimum absolute atomic E-state index is 0.116. The molecule has 1 heterocycles. The number of hydrogen-bond acceptors (Lipinski definition) is 7. The number of likely N-dealkylation sites (N-methyl/N-ethyl adjacent to an activating group) is 1. The summed E-state index contributed by atoms with van der Waals surface area (Å²) in [7, 11) is 3.70.